The summed E-state index contributed by atoms with van der Waals surface area (Å²) in [5, 5.41) is 9.67. The molecule has 40 heavy (non-hydrogen) atoms. The molecule has 3 aliphatic rings. The Balaban J connectivity index is 1.42. The first-order valence-electron chi connectivity index (χ1n) is 13.5. The highest BCUT2D eigenvalue weighted by Crippen LogP contribution is 2.48. The molecule has 0 bridgehead atoms. The molecular formula is C29H31ClN8O2. The highest BCUT2D eigenvalue weighted by atomic mass is 35.5. The van der Waals surface area contributed by atoms with E-state index in [0.29, 0.717) is 49.0 Å². The van der Waals surface area contributed by atoms with Crippen molar-refractivity contribution in [2.45, 2.75) is 19.0 Å². The fourth-order valence-corrected chi connectivity index (χ4v) is 6.39. The average molecular weight is 559 g/mol. The number of aryl methyl sites for hydroxylation is 1. The van der Waals surface area contributed by atoms with Crippen molar-refractivity contribution in [2.24, 2.45) is 0 Å². The molecule has 0 aliphatic carbocycles. The number of hydrogen-bond donors (Lipinski definition) is 1. The van der Waals surface area contributed by atoms with Crippen molar-refractivity contribution in [3.63, 3.8) is 0 Å². The maximum absolute atomic E-state index is 12.5. The number of ether oxygens (including phenoxy) is 1. The first-order valence-corrected chi connectivity index (χ1v) is 13.9. The predicted octanol–water partition coefficient (Wildman–Crippen LogP) is 3.48. The van der Waals surface area contributed by atoms with E-state index in [2.05, 4.69) is 64.6 Å². The number of halogens is 1. The summed E-state index contributed by atoms with van der Waals surface area (Å²) in [7, 11) is 4.20. The zero-order valence-corrected chi connectivity index (χ0v) is 23.6. The highest BCUT2D eigenvalue weighted by molar-refractivity contribution is 6.37. The monoisotopic (exact) mass is 558 g/mol. The molecule has 11 heteroatoms. The number of hydrogen-bond acceptors (Lipinski definition) is 8. The van der Waals surface area contributed by atoms with Gasteiger partial charge in [0.25, 0.3) is 0 Å². The third-order valence-electron chi connectivity index (χ3n) is 8.49. The molecule has 2 aromatic carbocycles. The van der Waals surface area contributed by atoms with Crippen LogP contribution in [0, 0.1) is 6.92 Å². The minimum atomic E-state index is -0.0829. The van der Waals surface area contributed by atoms with E-state index in [9.17, 15) is 4.79 Å². The van der Waals surface area contributed by atoms with Crippen LogP contribution in [-0.2, 0) is 4.79 Å². The quantitative estimate of drug-likeness (QED) is 0.381. The number of rotatable bonds is 4. The molecule has 1 atom stereocenters. The number of nitrogens with zero attached hydrogens (tertiary/aromatic N) is 7. The summed E-state index contributed by atoms with van der Waals surface area (Å²) in [5.74, 6) is 2.02. The number of aromatic nitrogens is 4. The topological polar surface area (TPSA) is 93.7 Å². The average Bonchev–Trinajstić information content (AvgIpc) is 3.32. The fourth-order valence-electron chi connectivity index (χ4n) is 6.09. The molecule has 3 aliphatic heterocycles. The van der Waals surface area contributed by atoms with Crippen LogP contribution < -0.4 is 14.5 Å². The van der Waals surface area contributed by atoms with Crippen molar-refractivity contribution in [2.75, 3.05) is 63.2 Å². The molecule has 5 heterocycles. The summed E-state index contributed by atoms with van der Waals surface area (Å²) in [4.78, 5) is 31.2. The maximum atomic E-state index is 12.5. The lowest BCUT2D eigenvalue weighted by Crippen LogP contribution is -2.58. The summed E-state index contributed by atoms with van der Waals surface area (Å²) in [6.45, 7) is 9.57. The second-order valence-corrected chi connectivity index (χ2v) is 11.4. The van der Waals surface area contributed by atoms with E-state index in [1.54, 1.807) is 0 Å². The fraction of sp³-hybridized carbons (Fsp3) is 0.379. The van der Waals surface area contributed by atoms with Crippen LogP contribution in [-0.4, -0.2) is 101 Å². The van der Waals surface area contributed by atoms with Crippen molar-refractivity contribution in [3.05, 3.63) is 47.6 Å². The Kier molecular flexibility index (Phi) is 5.87. The van der Waals surface area contributed by atoms with Crippen LogP contribution in [0.3, 0.4) is 0 Å². The van der Waals surface area contributed by atoms with Crippen molar-refractivity contribution in [1.82, 2.24) is 30.0 Å². The standard InChI is InChI=1S/C29H31ClN8O2/c1-5-23(39)36-8-9-38-18(14-36)15-40-27-25-22(32-29(33-28(25)38)37-12-17(13-37)35(3)4)10-19(26(27)30)24-16(2)6-7-21-20(24)11-31-34-21/h5-7,10-11,17-18H,1,8-9,12-15H2,2-4H3,(H,31,34)/t18-/m0/s1. The van der Waals surface area contributed by atoms with Crippen molar-refractivity contribution < 1.29 is 9.53 Å². The molecule has 7 rings (SSSR count). The van der Waals surface area contributed by atoms with E-state index < -0.39 is 0 Å². The Labute approximate surface area is 237 Å². The Morgan fingerprint density at radius 1 is 1.23 bits per heavy atom. The predicted molar refractivity (Wildman–Crippen MR) is 157 cm³/mol. The lowest BCUT2D eigenvalue weighted by atomic mass is 9.95. The number of fused-ring (bicyclic) bond motifs is 3. The Morgan fingerprint density at radius 2 is 2.05 bits per heavy atom. The van der Waals surface area contributed by atoms with Crippen molar-refractivity contribution in [1.29, 1.82) is 0 Å². The third kappa shape index (κ3) is 3.81. The van der Waals surface area contributed by atoms with Gasteiger partial charge in [-0.25, -0.2) is 4.98 Å². The summed E-state index contributed by atoms with van der Waals surface area (Å²) in [6, 6.07) is 6.54. The van der Waals surface area contributed by atoms with E-state index in [4.69, 9.17) is 26.3 Å². The summed E-state index contributed by atoms with van der Waals surface area (Å²) >= 11 is 7.21. The van der Waals surface area contributed by atoms with Crippen LogP contribution in [0.2, 0.25) is 5.02 Å². The number of piperazine rings is 1. The van der Waals surface area contributed by atoms with Gasteiger partial charge in [-0.2, -0.15) is 10.1 Å². The van der Waals surface area contributed by atoms with Gasteiger partial charge >= 0.3 is 0 Å². The number of benzene rings is 2. The lowest BCUT2D eigenvalue weighted by molar-refractivity contribution is -0.126. The molecular weight excluding hydrogens is 528 g/mol. The van der Waals surface area contributed by atoms with E-state index >= 15 is 0 Å². The Hall–Kier alpha value is -3.89. The molecule has 0 unspecified atom stereocenters. The van der Waals surface area contributed by atoms with Gasteiger partial charge in [-0.1, -0.05) is 24.2 Å². The third-order valence-corrected chi connectivity index (χ3v) is 8.86. The molecule has 0 spiro atoms. The van der Waals surface area contributed by atoms with Gasteiger partial charge in [0.05, 0.1) is 33.7 Å². The summed E-state index contributed by atoms with van der Waals surface area (Å²) < 4.78 is 6.51. The minimum Gasteiger partial charge on any atom is -0.489 e. The molecule has 0 saturated carbocycles. The molecule has 206 valence electrons. The van der Waals surface area contributed by atoms with Gasteiger partial charge < -0.3 is 24.3 Å². The number of nitrogens with one attached hydrogen (secondary N) is 1. The molecule has 0 radical (unpaired) electrons. The van der Waals surface area contributed by atoms with Crippen LogP contribution in [0.4, 0.5) is 11.8 Å². The van der Waals surface area contributed by atoms with Gasteiger partial charge in [0.15, 0.2) is 5.75 Å². The minimum absolute atomic E-state index is 0.0748. The Bertz CT molecular complexity index is 1680. The van der Waals surface area contributed by atoms with Crippen molar-refractivity contribution in [3.8, 4) is 16.9 Å². The Morgan fingerprint density at radius 3 is 2.83 bits per heavy atom. The van der Waals surface area contributed by atoms with Gasteiger partial charge in [0.2, 0.25) is 11.9 Å². The van der Waals surface area contributed by atoms with Crippen LogP contribution in [0.5, 0.6) is 5.75 Å². The van der Waals surface area contributed by atoms with Crippen LogP contribution in [0.15, 0.2) is 37.1 Å². The second kappa shape index (κ2) is 9.35. The smallest absolute Gasteiger partial charge is 0.246 e. The van der Waals surface area contributed by atoms with Gasteiger partial charge in [-0.05, 0) is 50.4 Å². The number of anilines is 2. The molecule has 2 aromatic heterocycles. The SMILES string of the molecule is C=CC(=O)N1CCN2c3nc(N4CC(N(C)C)C4)nc4cc(-c5c(C)ccc6[nH]ncc56)c(Cl)c(c34)OC[C@@H]2C1. The number of carbonyl (C=O) groups excluding carboxylic acids is 1. The molecule has 2 saturated heterocycles. The number of carbonyl (C=O) groups is 1. The lowest BCUT2D eigenvalue weighted by Gasteiger charge is -2.43. The number of aromatic amines is 1. The largest absolute Gasteiger partial charge is 0.489 e. The van der Waals surface area contributed by atoms with Gasteiger partial charge in [0.1, 0.15) is 12.4 Å². The van der Waals surface area contributed by atoms with E-state index in [-0.39, 0.29) is 11.9 Å². The van der Waals surface area contributed by atoms with E-state index in [0.717, 1.165) is 57.4 Å². The number of H-pyrrole nitrogens is 1. The maximum Gasteiger partial charge on any atom is 0.246 e. The van der Waals surface area contributed by atoms with Crippen LogP contribution in [0.25, 0.3) is 32.9 Å². The molecule has 1 amide bonds. The van der Waals surface area contributed by atoms with Gasteiger partial charge in [-0.15, -0.1) is 0 Å². The molecule has 4 aromatic rings. The summed E-state index contributed by atoms with van der Waals surface area (Å²) in [6.07, 6.45) is 3.20. The van der Waals surface area contributed by atoms with E-state index in [1.807, 2.05) is 17.2 Å². The van der Waals surface area contributed by atoms with Crippen LogP contribution >= 0.6 is 11.6 Å². The van der Waals surface area contributed by atoms with Gasteiger partial charge in [0, 0.05) is 49.7 Å². The normalized spacial score (nSPS) is 19.0. The molecule has 1 N–H and O–H groups in total. The number of amides is 1. The van der Waals surface area contributed by atoms with Gasteiger partial charge in [-0.3, -0.25) is 9.89 Å². The summed E-state index contributed by atoms with van der Waals surface area (Å²) in [5.41, 5.74) is 4.65. The zero-order chi connectivity index (χ0) is 27.7. The second-order valence-electron chi connectivity index (χ2n) is 11.1. The molecule has 10 nitrogen and oxygen atoms in total. The molecule has 2 fully saturated rings. The number of likely N-dealkylation sites (N-methyl/N-ethyl adjacent to an activating group) is 1. The van der Waals surface area contributed by atoms with Crippen LogP contribution in [0.1, 0.15) is 5.56 Å². The van der Waals surface area contributed by atoms with Crippen molar-refractivity contribution >= 4 is 51.1 Å². The first-order chi connectivity index (χ1) is 19.3. The first kappa shape index (κ1) is 25.1. The zero-order valence-electron chi connectivity index (χ0n) is 22.8. The van der Waals surface area contributed by atoms with E-state index in [1.165, 1.54) is 6.08 Å². The highest BCUT2D eigenvalue weighted by Gasteiger charge is 2.38.